The van der Waals surface area contributed by atoms with Crippen molar-refractivity contribution in [2.45, 2.75) is 6.61 Å². The number of carbonyl (C=O) groups is 1. The van der Waals surface area contributed by atoms with Crippen molar-refractivity contribution >= 4 is 29.1 Å². The Bertz CT molecular complexity index is 723. The number of nitrogens with one attached hydrogen (secondary N) is 1. The number of carbonyl (C=O) groups excluding carboxylic acids is 1. The second-order valence-corrected chi connectivity index (χ2v) is 4.96. The fourth-order valence-electron chi connectivity index (χ4n) is 1.85. The fourth-order valence-corrected chi connectivity index (χ4v) is 1.85. The maximum atomic E-state index is 11.5. The van der Waals surface area contributed by atoms with Gasteiger partial charge >= 0.3 is 6.09 Å². The number of ether oxygens (including phenoxy) is 1. The minimum atomic E-state index is -0.444. The highest BCUT2D eigenvalue weighted by molar-refractivity contribution is 6.15. The Morgan fingerprint density at radius 1 is 0.846 bits per heavy atom. The smallest absolute Gasteiger partial charge is 0.411 e. The molecule has 1 amide bonds. The van der Waals surface area contributed by atoms with Crippen LogP contribution in [0.4, 0.5) is 16.2 Å². The zero-order valence-electron chi connectivity index (χ0n) is 14.6. The second-order valence-electron chi connectivity index (χ2n) is 4.96. The quantitative estimate of drug-likeness (QED) is 0.468. The number of benzene rings is 3. The Balaban J connectivity index is 0.000000313. The van der Waals surface area contributed by atoms with Crippen molar-refractivity contribution in [3.8, 4) is 0 Å². The Hall–Kier alpha value is -2.98. The molecule has 3 aromatic carbocycles. The molecule has 136 valence electrons. The zero-order valence-corrected chi connectivity index (χ0v) is 15.4. The third-order valence-corrected chi connectivity index (χ3v) is 3.03. The van der Waals surface area contributed by atoms with Crippen LogP contribution in [-0.4, -0.2) is 12.5 Å². The first-order valence-electron chi connectivity index (χ1n) is 7.95. The van der Waals surface area contributed by atoms with E-state index in [1.54, 1.807) is 0 Å². The van der Waals surface area contributed by atoms with Crippen LogP contribution in [0.1, 0.15) is 5.56 Å². The number of rotatable bonds is 3. The van der Waals surface area contributed by atoms with E-state index >= 15 is 0 Å². The molecule has 0 spiro atoms. The van der Waals surface area contributed by atoms with Gasteiger partial charge in [-0.05, 0) is 29.8 Å². The van der Waals surface area contributed by atoms with Gasteiger partial charge in [-0.25, -0.2) is 4.79 Å². The summed E-state index contributed by atoms with van der Waals surface area (Å²) < 4.78 is 5.08. The summed E-state index contributed by atoms with van der Waals surface area (Å²) in [5.74, 6) is 0. The van der Waals surface area contributed by atoms with Crippen molar-refractivity contribution in [2.75, 3.05) is 17.4 Å². The molecule has 5 heteroatoms. The first kappa shape index (κ1) is 21.1. The van der Waals surface area contributed by atoms with Crippen molar-refractivity contribution in [3.05, 3.63) is 96.6 Å². The third-order valence-electron chi connectivity index (χ3n) is 3.03. The molecule has 0 radical (unpaired) electrons. The number of amides is 1. The highest BCUT2D eigenvalue weighted by atomic mass is 35.5. The van der Waals surface area contributed by atoms with E-state index in [0.29, 0.717) is 0 Å². The molecule has 4 nitrogen and oxygen atoms in total. The number of alkyl halides is 1. The lowest BCUT2D eigenvalue weighted by atomic mass is 10.2. The van der Waals surface area contributed by atoms with Crippen LogP contribution in [0.15, 0.2) is 91.0 Å². The van der Waals surface area contributed by atoms with Gasteiger partial charge in [0.2, 0.25) is 0 Å². The molecular formula is C21H23ClN2O2. The summed E-state index contributed by atoms with van der Waals surface area (Å²) in [7, 11) is 0. The summed E-state index contributed by atoms with van der Waals surface area (Å²) >= 11 is 4.64. The average molecular weight is 371 g/mol. The number of hydrogen-bond donors (Lipinski definition) is 2. The van der Waals surface area contributed by atoms with E-state index in [9.17, 15) is 4.79 Å². The van der Waals surface area contributed by atoms with Crippen LogP contribution in [0.2, 0.25) is 0 Å². The predicted octanol–water partition coefficient (Wildman–Crippen LogP) is 5.56. The highest BCUT2D eigenvalue weighted by Crippen LogP contribution is 2.06. The summed E-state index contributed by atoms with van der Waals surface area (Å²) in [6.45, 7) is 0.277. The lowest BCUT2D eigenvalue weighted by Gasteiger charge is -2.06. The molecule has 0 aliphatic carbocycles. The van der Waals surface area contributed by atoms with Crippen LogP contribution in [0.3, 0.4) is 0 Å². The van der Waals surface area contributed by atoms with E-state index in [-0.39, 0.29) is 6.61 Å². The molecule has 0 heterocycles. The lowest BCUT2D eigenvalue weighted by molar-refractivity contribution is 0.155. The average Bonchev–Trinajstić information content (AvgIpc) is 2.71. The molecule has 0 aliphatic heterocycles. The first-order chi connectivity index (χ1) is 12.7. The van der Waals surface area contributed by atoms with E-state index in [1.165, 1.54) is 6.38 Å². The third kappa shape index (κ3) is 9.35. The molecular weight excluding hydrogens is 348 g/mol. The number of anilines is 2. The zero-order chi connectivity index (χ0) is 19.0. The van der Waals surface area contributed by atoms with Gasteiger partial charge in [-0.3, -0.25) is 5.32 Å². The van der Waals surface area contributed by atoms with E-state index in [4.69, 9.17) is 10.5 Å². The summed E-state index contributed by atoms with van der Waals surface area (Å²) in [5, 5.41) is 2.65. The topological polar surface area (TPSA) is 64.4 Å². The largest absolute Gasteiger partial charge is 0.444 e. The van der Waals surface area contributed by atoms with Gasteiger partial charge in [0.1, 0.15) is 6.61 Å². The SMILES string of the molecule is CCl.Nc1ccccc1.O=C(Nc1ccccc1)OCc1ccccc1. The summed E-state index contributed by atoms with van der Waals surface area (Å²) in [6, 6.07) is 28.3. The molecule has 0 saturated heterocycles. The van der Waals surface area contributed by atoms with Crippen molar-refractivity contribution < 1.29 is 9.53 Å². The van der Waals surface area contributed by atoms with Crippen LogP contribution in [0.5, 0.6) is 0 Å². The van der Waals surface area contributed by atoms with Gasteiger partial charge in [0, 0.05) is 17.8 Å². The normalized spacial score (nSPS) is 8.85. The Morgan fingerprint density at radius 3 is 1.77 bits per heavy atom. The van der Waals surface area contributed by atoms with E-state index in [2.05, 4.69) is 16.9 Å². The minimum absolute atomic E-state index is 0.277. The number of nitrogens with two attached hydrogens (primary N) is 1. The molecule has 0 bridgehead atoms. The van der Waals surface area contributed by atoms with E-state index in [0.717, 1.165) is 16.9 Å². The molecule has 0 fully saturated rings. The molecule has 3 rings (SSSR count). The monoisotopic (exact) mass is 370 g/mol. The van der Waals surface area contributed by atoms with Gasteiger partial charge in [0.05, 0.1) is 0 Å². The van der Waals surface area contributed by atoms with Crippen LogP contribution in [-0.2, 0) is 11.3 Å². The molecule has 26 heavy (non-hydrogen) atoms. The highest BCUT2D eigenvalue weighted by Gasteiger charge is 2.02. The Labute approximate surface area is 159 Å². The maximum absolute atomic E-state index is 11.5. The lowest BCUT2D eigenvalue weighted by Crippen LogP contribution is -2.13. The molecule has 0 atom stereocenters. The first-order valence-corrected chi connectivity index (χ1v) is 8.71. The van der Waals surface area contributed by atoms with E-state index < -0.39 is 6.09 Å². The Morgan fingerprint density at radius 2 is 1.31 bits per heavy atom. The summed E-state index contributed by atoms with van der Waals surface area (Å²) in [6.07, 6.45) is 1.03. The van der Waals surface area contributed by atoms with Gasteiger partial charge < -0.3 is 10.5 Å². The molecule has 0 aromatic heterocycles. The van der Waals surface area contributed by atoms with Crippen molar-refractivity contribution in [1.29, 1.82) is 0 Å². The van der Waals surface area contributed by atoms with Gasteiger partial charge in [0.25, 0.3) is 0 Å². The molecule has 3 N–H and O–H groups in total. The molecule has 3 aromatic rings. The van der Waals surface area contributed by atoms with Gasteiger partial charge in [-0.1, -0.05) is 66.7 Å². The standard InChI is InChI=1S/C14H13NO2.C6H7N.CH3Cl/c16-14(15-13-9-5-2-6-10-13)17-11-12-7-3-1-4-8-12;7-6-4-2-1-3-5-6;1-2/h1-10H,11H2,(H,15,16);1-5H,7H2;1H3. The Kier molecular flexibility index (Phi) is 10.8. The van der Waals surface area contributed by atoms with Crippen molar-refractivity contribution in [2.24, 2.45) is 0 Å². The van der Waals surface area contributed by atoms with Gasteiger partial charge in [-0.2, -0.15) is 0 Å². The number of para-hydroxylation sites is 2. The van der Waals surface area contributed by atoms with Gasteiger partial charge in [-0.15, -0.1) is 11.6 Å². The van der Waals surface area contributed by atoms with E-state index in [1.807, 2.05) is 91.0 Å². The fraction of sp³-hybridized carbons (Fsp3) is 0.0952. The molecule has 0 saturated carbocycles. The number of nitrogen functional groups attached to an aromatic ring is 1. The number of hydrogen-bond acceptors (Lipinski definition) is 3. The molecule has 0 unspecified atom stereocenters. The second kappa shape index (κ2) is 13.3. The van der Waals surface area contributed by atoms with Crippen LogP contribution in [0, 0.1) is 0 Å². The predicted molar refractivity (Wildman–Crippen MR) is 109 cm³/mol. The summed E-state index contributed by atoms with van der Waals surface area (Å²) in [5.41, 5.74) is 7.88. The van der Waals surface area contributed by atoms with Crippen LogP contribution in [0.25, 0.3) is 0 Å². The van der Waals surface area contributed by atoms with Gasteiger partial charge in [0.15, 0.2) is 0 Å². The maximum Gasteiger partial charge on any atom is 0.411 e. The minimum Gasteiger partial charge on any atom is -0.444 e. The summed E-state index contributed by atoms with van der Waals surface area (Å²) in [4.78, 5) is 11.5. The van der Waals surface area contributed by atoms with Crippen LogP contribution >= 0.6 is 11.6 Å². The van der Waals surface area contributed by atoms with Crippen molar-refractivity contribution in [1.82, 2.24) is 0 Å². The van der Waals surface area contributed by atoms with Crippen molar-refractivity contribution in [3.63, 3.8) is 0 Å². The van der Waals surface area contributed by atoms with Crippen LogP contribution < -0.4 is 11.1 Å². The number of halogens is 1. The molecule has 0 aliphatic rings.